The number of carbonyl (C=O) groups excluding carboxylic acids is 2. The highest BCUT2D eigenvalue weighted by molar-refractivity contribution is 5.99. The molecule has 0 saturated heterocycles. The van der Waals surface area contributed by atoms with E-state index < -0.39 is 0 Å². The maximum atomic E-state index is 11.8. The van der Waals surface area contributed by atoms with Crippen molar-refractivity contribution in [2.45, 2.75) is 19.4 Å². The summed E-state index contributed by atoms with van der Waals surface area (Å²) in [4.78, 5) is 23.2. The van der Waals surface area contributed by atoms with Gasteiger partial charge in [0.2, 0.25) is 0 Å². The minimum absolute atomic E-state index is 0. The van der Waals surface area contributed by atoms with Gasteiger partial charge < -0.3 is 16.4 Å². The van der Waals surface area contributed by atoms with Crippen LogP contribution in [0.1, 0.15) is 34.1 Å². The molecule has 5 nitrogen and oxygen atoms in total. The monoisotopic (exact) mass is 285 g/mol. The molecular weight excluding hydrogens is 266 g/mol. The van der Waals surface area contributed by atoms with E-state index >= 15 is 0 Å². The molecule has 1 unspecified atom stereocenters. The normalized spacial score (nSPS) is 11.1. The molecule has 0 spiro atoms. The lowest BCUT2D eigenvalue weighted by atomic mass is 10.1. The van der Waals surface area contributed by atoms with Crippen molar-refractivity contribution in [1.29, 1.82) is 0 Å². The third-order valence-corrected chi connectivity index (χ3v) is 2.50. The molecule has 1 aromatic carbocycles. The number of benzene rings is 1. The zero-order chi connectivity index (χ0) is 13.5. The van der Waals surface area contributed by atoms with Gasteiger partial charge in [0.25, 0.3) is 11.8 Å². The largest absolute Gasteiger partial charge is 0.355 e. The Kier molecular flexibility index (Phi) is 7.79. The molecule has 19 heavy (non-hydrogen) atoms. The van der Waals surface area contributed by atoms with Crippen LogP contribution in [-0.2, 0) is 0 Å². The molecule has 4 N–H and O–H groups in total. The Morgan fingerprint density at radius 3 is 2.37 bits per heavy atom. The molecule has 1 aromatic rings. The van der Waals surface area contributed by atoms with E-state index in [1.807, 2.05) is 6.92 Å². The summed E-state index contributed by atoms with van der Waals surface area (Å²) in [7, 11) is 1.55. The molecule has 0 bridgehead atoms. The molecule has 106 valence electrons. The molecule has 0 aliphatic heterocycles. The van der Waals surface area contributed by atoms with Crippen molar-refractivity contribution in [2.24, 2.45) is 5.73 Å². The zero-order valence-electron chi connectivity index (χ0n) is 11.1. The number of rotatable bonds is 5. The second kappa shape index (κ2) is 8.50. The van der Waals surface area contributed by atoms with Crippen LogP contribution in [0.3, 0.4) is 0 Å². The molecule has 0 fully saturated rings. The van der Waals surface area contributed by atoms with Crippen LogP contribution in [0.4, 0.5) is 0 Å². The van der Waals surface area contributed by atoms with Crippen molar-refractivity contribution in [1.82, 2.24) is 10.6 Å². The Labute approximate surface area is 119 Å². The SMILES string of the molecule is CNC(=O)c1cccc(C(=O)NCCC(C)N)c1.Cl. The predicted molar refractivity (Wildman–Crippen MR) is 77.7 cm³/mol. The predicted octanol–water partition coefficient (Wildman–Crippen LogP) is 0.935. The van der Waals surface area contributed by atoms with E-state index in [4.69, 9.17) is 5.73 Å². The lowest BCUT2D eigenvalue weighted by molar-refractivity contribution is 0.0952. The fourth-order valence-electron chi connectivity index (χ4n) is 1.46. The number of nitrogens with one attached hydrogen (secondary N) is 2. The Morgan fingerprint density at radius 2 is 1.84 bits per heavy atom. The van der Waals surface area contributed by atoms with Gasteiger partial charge >= 0.3 is 0 Å². The number of halogens is 1. The quantitative estimate of drug-likeness (QED) is 0.753. The second-order valence-electron chi connectivity index (χ2n) is 4.18. The van der Waals surface area contributed by atoms with Crippen LogP contribution >= 0.6 is 12.4 Å². The van der Waals surface area contributed by atoms with Crippen molar-refractivity contribution in [2.75, 3.05) is 13.6 Å². The average molecular weight is 286 g/mol. The van der Waals surface area contributed by atoms with Crippen molar-refractivity contribution >= 4 is 24.2 Å². The molecule has 6 heteroatoms. The Balaban J connectivity index is 0.00000324. The van der Waals surface area contributed by atoms with Crippen LogP contribution in [0.15, 0.2) is 24.3 Å². The van der Waals surface area contributed by atoms with Gasteiger partial charge in [0.15, 0.2) is 0 Å². The number of hydrogen-bond acceptors (Lipinski definition) is 3. The highest BCUT2D eigenvalue weighted by atomic mass is 35.5. The van der Waals surface area contributed by atoms with Gasteiger partial charge in [0.1, 0.15) is 0 Å². The van der Waals surface area contributed by atoms with E-state index in [1.165, 1.54) is 0 Å². The fourth-order valence-corrected chi connectivity index (χ4v) is 1.46. The maximum Gasteiger partial charge on any atom is 0.251 e. The summed E-state index contributed by atoms with van der Waals surface area (Å²) in [5.41, 5.74) is 6.54. The third-order valence-electron chi connectivity index (χ3n) is 2.50. The van der Waals surface area contributed by atoms with Crippen LogP contribution in [0.5, 0.6) is 0 Å². The Bertz CT molecular complexity index is 436. The van der Waals surface area contributed by atoms with E-state index in [1.54, 1.807) is 31.3 Å². The van der Waals surface area contributed by atoms with E-state index in [0.29, 0.717) is 17.7 Å². The van der Waals surface area contributed by atoms with Gasteiger partial charge in [-0.15, -0.1) is 12.4 Å². The van der Waals surface area contributed by atoms with E-state index in [9.17, 15) is 9.59 Å². The average Bonchev–Trinajstić information content (AvgIpc) is 2.37. The van der Waals surface area contributed by atoms with Crippen molar-refractivity contribution in [3.8, 4) is 0 Å². The highest BCUT2D eigenvalue weighted by Gasteiger charge is 2.09. The van der Waals surface area contributed by atoms with E-state index in [-0.39, 0.29) is 30.3 Å². The van der Waals surface area contributed by atoms with Crippen LogP contribution < -0.4 is 16.4 Å². The summed E-state index contributed by atoms with van der Waals surface area (Å²) in [6.45, 7) is 2.42. The lowest BCUT2D eigenvalue weighted by Crippen LogP contribution is -2.29. The first-order chi connectivity index (χ1) is 8.54. The first-order valence-electron chi connectivity index (χ1n) is 5.90. The van der Waals surface area contributed by atoms with E-state index in [0.717, 1.165) is 6.42 Å². The summed E-state index contributed by atoms with van der Waals surface area (Å²) in [5.74, 6) is -0.401. The molecule has 0 aliphatic rings. The maximum absolute atomic E-state index is 11.8. The Morgan fingerprint density at radius 1 is 1.26 bits per heavy atom. The van der Waals surface area contributed by atoms with Gasteiger partial charge in [0, 0.05) is 30.8 Å². The van der Waals surface area contributed by atoms with Crippen LogP contribution in [-0.4, -0.2) is 31.4 Å². The lowest BCUT2D eigenvalue weighted by Gasteiger charge is -2.08. The standard InChI is InChI=1S/C13H19N3O2.ClH/c1-9(14)6-7-16-13(18)11-5-3-4-10(8-11)12(17)15-2;/h3-5,8-9H,6-7,14H2,1-2H3,(H,15,17)(H,16,18);1H. The first-order valence-corrected chi connectivity index (χ1v) is 5.90. The molecule has 1 atom stereocenters. The smallest absolute Gasteiger partial charge is 0.251 e. The highest BCUT2D eigenvalue weighted by Crippen LogP contribution is 2.05. The fraction of sp³-hybridized carbons (Fsp3) is 0.385. The molecule has 0 aliphatic carbocycles. The molecule has 1 rings (SSSR count). The molecular formula is C13H20ClN3O2. The zero-order valence-corrected chi connectivity index (χ0v) is 11.9. The topological polar surface area (TPSA) is 84.2 Å². The number of nitrogens with two attached hydrogens (primary N) is 1. The summed E-state index contributed by atoms with van der Waals surface area (Å²) in [5, 5.41) is 5.28. The number of carbonyl (C=O) groups is 2. The minimum Gasteiger partial charge on any atom is -0.355 e. The molecule has 2 amide bonds. The molecule has 0 aromatic heterocycles. The van der Waals surface area contributed by atoms with Gasteiger partial charge in [-0.05, 0) is 31.5 Å². The van der Waals surface area contributed by atoms with Gasteiger partial charge in [0.05, 0.1) is 0 Å². The minimum atomic E-state index is -0.208. The van der Waals surface area contributed by atoms with Crippen molar-refractivity contribution in [3.63, 3.8) is 0 Å². The summed E-state index contributed by atoms with van der Waals surface area (Å²) < 4.78 is 0. The number of hydrogen-bond donors (Lipinski definition) is 3. The van der Waals surface area contributed by atoms with Gasteiger partial charge in [-0.1, -0.05) is 6.07 Å². The van der Waals surface area contributed by atoms with E-state index in [2.05, 4.69) is 10.6 Å². The van der Waals surface area contributed by atoms with Crippen LogP contribution in [0.25, 0.3) is 0 Å². The summed E-state index contributed by atoms with van der Waals surface area (Å²) >= 11 is 0. The first kappa shape index (κ1) is 17.4. The van der Waals surface area contributed by atoms with Crippen LogP contribution in [0.2, 0.25) is 0 Å². The van der Waals surface area contributed by atoms with Gasteiger partial charge in [-0.2, -0.15) is 0 Å². The van der Waals surface area contributed by atoms with Crippen molar-refractivity contribution in [3.05, 3.63) is 35.4 Å². The summed E-state index contributed by atoms with van der Waals surface area (Å²) in [6, 6.07) is 6.65. The second-order valence-corrected chi connectivity index (χ2v) is 4.18. The third kappa shape index (κ3) is 5.72. The van der Waals surface area contributed by atoms with Gasteiger partial charge in [-0.25, -0.2) is 0 Å². The molecule has 0 radical (unpaired) electrons. The van der Waals surface area contributed by atoms with Gasteiger partial charge in [-0.3, -0.25) is 9.59 Å². The Hall–Kier alpha value is -1.59. The van der Waals surface area contributed by atoms with Crippen molar-refractivity contribution < 1.29 is 9.59 Å². The molecule has 0 saturated carbocycles. The van der Waals surface area contributed by atoms with Crippen LogP contribution in [0, 0.1) is 0 Å². The number of amides is 2. The summed E-state index contributed by atoms with van der Waals surface area (Å²) in [6.07, 6.45) is 0.723. The molecule has 0 heterocycles.